The van der Waals surface area contributed by atoms with Gasteiger partial charge in [0.25, 0.3) is 0 Å². The van der Waals surface area contributed by atoms with Crippen LogP contribution in [0, 0.1) is 5.92 Å². The largest absolute Gasteiger partial charge is 0.497 e. The predicted molar refractivity (Wildman–Crippen MR) is 151 cm³/mol. The number of nitrogens with two attached hydrogens (primary N) is 1. The average Bonchev–Trinajstić information content (AvgIpc) is 3.29. The molecule has 0 aromatic heterocycles. The van der Waals surface area contributed by atoms with Gasteiger partial charge in [-0.1, -0.05) is 19.1 Å². The first-order valence-electron chi connectivity index (χ1n) is 13.5. The highest BCUT2D eigenvalue weighted by atomic mass is 32.1. The topological polar surface area (TPSA) is 138 Å². The van der Waals surface area contributed by atoms with E-state index in [2.05, 4.69) is 21.3 Å². The van der Waals surface area contributed by atoms with Gasteiger partial charge in [0.15, 0.2) is 5.11 Å². The van der Waals surface area contributed by atoms with Gasteiger partial charge >= 0.3 is 0 Å². The Hall–Kier alpha value is -2.92. The van der Waals surface area contributed by atoms with Crippen LogP contribution >= 0.6 is 12.2 Å². The Bertz CT molecular complexity index is 971. The quantitative estimate of drug-likeness (QED) is 0.243. The van der Waals surface area contributed by atoms with E-state index in [1.54, 1.807) is 19.1 Å². The van der Waals surface area contributed by atoms with Crippen molar-refractivity contribution in [1.29, 1.82) is 0 Å². The van der Waals surface area contributed by atoms with Gasteiger partial charge in [-0.25, -0.2) is 0 Å². The van der Waals surface area contributed by atoms with Crippen molar-refractivity contribution in [2.45, 2.75) is 76.0 Å². The maximum absolute atomic E-state index is 14.0. The Kier molecular flexibility index (Phi) is 11.1. The van der Waals surface area contributed by atoms with Crippen LogP contribution in [0.4, 0.5) is 0 Å². The number of nitrogens with one attached hydrogen (secondary N) is 4. The number of nitrogens with zero attached hydrogens (tertiary/aromatic N) is 1. The van der Waals surface area contributed by atoms with Crippen LogP contribution < -0.4 is 31.7 Å². The molecule has 2 aliphatic heterocycles. The lowest BCUT2D eigenvalue weighted by molar-refractivity contribution is -0.143. The second-order valence-electron chi connectivity index (χ2n) is 10.0. The fourth-order valence-electron chi connectivity index (χ4n) is 5.58. The minimum absolute atomic E-state index is 0.0148. The number of ether oxygens (including phenoxy) is 1. The van der Waals surface area contributed by atoms with Gasteiger partial charge in [0, 0.05) is 19.1 Å². The zero-order valence-corrected chi connectivity index (χ0v) is 23.4. The van der Waals surface area contributed by atoms with Crippen LogP contribution in [0.5, 0.6) is 5.75 Å². The maximum atomic E-state index is 14.0. The number of rotatable bonds is 12. The maximum Gasteiger partial charge on any atom is 0.246 e. The summed E-state index contributed by atoms with van der Waals surface area (Å²) >= 11 is 4.93. The molecule has 3 rings (SSSR count). The number of fused-ring (bicyclic) bond motifs is 1. The molecule has 2 aliphatic rings. The van der Waals surface area contributed by atoms with Crippen LogP contribution in [-0.4, -0.2) is 79.1 Å². The molecule has 0 spiro atoms. The van der Waals surface area contributed by atoms with Crippen LogP contribution in [0.2, 0.25) is 0 Å². The van der Waals surface area contributed by atoms with E-state index < -0.39 is 18.1 Å². The molecule has 1 aromatic rings. The summed E-state index contributed by atoms with van der Waals surface area (Å²) in [5.74, 6) is 0.163. The SMILES string of the molecule is CC[C@H](NC)C(=O)N[C@@H]1C(=O)N2C(CC[C@@H]1CCNC(N)=S)CC[C@H]2C(=O)NCCc1ccc(OC)cc1. The molecule has 2 heterocycles. The smallest absolute Gasteiger partial charge is 0.246 e. The number of carbonyl (C=O) groups is 3. The minimum Gasteiger partial charge on any atom is -0.497 e. The van der Waals surface area contributed by atoms with E-state index in [9.17, 15) is 14.4 Å². The van der Waals surface area contributed by atoms with Crippen molar-refractivity contribution in [3.63, 3.8) is 0 Å². The van der Waals surface area contributed by atoms with E-state index in [0.717, 1.165) is 30.6 Å². The van der Waals surface area contributed by atoms with Crippen molar-refractivity contribution in [3.8, 4) is 5.75 Å². The number of hydrogen-bond donors (Lipinski definition) is 5. The van der Waals surface area contributed by atoms with Crippen molar-refractivity contribution in [2.24, 2.45) is 11.7 Å². The van der Waals surface area contributed by atoms with E-state index in [0.29, 0.717) is 38.8 Å². The molecule has 3 amide bonds. The van der Waals surface area contributed by atoms with Crippen LogP contribution in [0.25, 0.3) is 0 Å². The molecule has 1 aromatic carbocycles. The second kappa shape index (κ2) is 14.3. The second-order valence-corrected chi connectivity index (χ2v) is 10.5. The zero-order chi connectivity index (χ0) is 27.7. The molecule has 10 nitrogen and oxygen atoms in total. The lowest BCUT2D eigenvalue weighted by Gasteiger charge is -2.33. The molecule has 38 heavy (non-hydrogen) atoms. The Balaban J connectivity index is 1.70. The summed E-state index contributed by atoms with van der Waals surface area (Å²) in [5.41, 5.74) is 6.68. The summed E-state index contributed by atoms with van der Waals surface area (Å²) in [6.45, 7) is 2.91. The van der Waals surface area contributed by atoms with Gasteiger partial charge in [-0.15, -0.1) is 0 Å². The monoisotopic (exact) mass is 546 g/mol. The van der Waals surface area contributed by atoms with Crippen LogP contribution in [-0.2, 0) is 20.8 Å². The summed E-state index contributed by atoms with van der Waals surface area (Å²) in [6.07, 6.45) is 4.85. The molecule has 0 bridgehead atoms. The molecule has 210 valence electrons. The van der Waals surface area contributed by atoms with Gasteiger partial charge in [-0.2, -0.15) is 0 Å². The molecule has 0 radical (unpaired) electrons. The highest BCUT2D eigenvalue weighted by Gasteiger charge is 2.47. The highest BCUT2D eigenvalue weighted by molar-refractivity contribution is 7.80. The summed E-state index contributed by atoms with van der Waals surface area (Å²) in [5, 5.41) is 12.2. The van der Waals surface area contributed by atoms with Gasteiger partial charge in [0.1, 0.15) is 17.8 Å². The van der Waals surface area contributed by atoms with Gasteiger partial charge in [-0.3, -0.25) is 14.4 Å². The first-order valence-corrected chi connectivity index (χ1v) is 13.9. The van der Waals surface area contributed by atoms with Crippen molar-refractivity contribution in [2.75, 3.05) is 27.2 Å². The third-order valence-electron chi connectivity index (χ3n) is 7.73. The van der Waals surface area contributed by atoms with E-state index >= 15 is 0 Å². The zero-order valence-electron chi connectivity index (χ0n) is 22.6. The number of benzene rings is 1. The van der Waals surface area contributed by atoms with Crippen LogP contribution in [0.3, 0.4) is 0 Å². The molecular formula is C27H42N6O4S. The third-order valence-corrected chi connectivity index (χ3v) is 7.87. The Morgan fingerprint density at radius 3 is 2.47 bits per heavy atom. The van der Waals surface area contributed by atoms with Gasteiger partial charge < -0.3 is 36.6 Å². The van der Waals surface area contributed by atoms with E-state index in [1.807, 2.05) is 31.2 Å². The van der Waals surface area contributed by atoms with Gasteiger partial charge in [-0.05, 0) is 87.8 Å². The number of thiocarbonyl (C=S) groups is 1. The van der Waals surface area contributed by atoms with Gasteiger partial charge in [0.05, 0.1) is 13.2 Å². The van der Waals surface area contributed by atoms with Crippen LogP contribution in [0.15, 0.2) is 24.3 Å². The number of likely N-dealkylation sites (N-methyl/N-ethyl adjacent to an activating group) is 1. The minimum atomic E-state index is -0.712. The molecule has 2 saturated heterocycles. The number of carbonyl (C=O) groups excluding carboxylic acids is 3. The molecule has 0 aliphatic carbocycles. The highest BCUT2D eigenvalue weighted by Crippen LogP contribution is 2.35. The fourth-order valence-corrected chi connectivity index (χ4v) is 5.68. The Labute approximate surface area is 230 Å². The average molecular weight is 547 g/mol. The molecule has 11 heteroatoms. The van der Waals surface area contributed by atoms with Crippen molar-refractivity contribution in [3.05, 3.63) is 29.8 Å². The lowest BCUT2D eigenvalue weighted by Crippen LogP contribution is -2.58. The molecule has 5 atom stereocenters. The summed E-state index contributed by atoms with van der Waals surface area (Å²) in [7, 11) is 3.36. The summed E-state index contributed by atoms with van der Waals surface area (Å²) in [4.78, 5) is 42.0. The van der Waals surface area contributed by atoms with Crippen molar-refractivity contribution in [1.82, 2.24) is 26.2 Å². The molecule has 0 saturated carbocycles. The van der Waals surface area contributed by atoms with Crippen LogP contribution in [0.1, 0.15) is 51.0 Å². The number of methoxy groups -OCH3 is 1. The van der Waals surface area contributed by atoms with E-state index in [-0.39, 0.29) is 34.8 Å². The number of hydrogen-bond acceptors (Lipinski definition) is 6. The third kappa shape index (κ3) is 7.57. The molecule has 2 fully saturated rings. The first-order chi connectivity index (χ1) is 18.3. The van der Waals surface area contributed by atoms with Crippen molar-refractivity contribution < 1.29 is 19.1 Å². The molecule has 1 unspecified atom stereocenters. The lowest BCUT2D eigenvalue weighted by atomic mass is 9.90. The Morgan fingerprint density at radius 1 is 1.13 bits per heavy atom. The van der Waals surface area contributed by atoms with E-state index in [1.165, 1.54) is 0 Å². The van der Waals surface area contributed by atoms with E-state index in [4.69, 9.17) is 22.7 Å². The predicted octanol–water partition coefficient (Wildman–Crippen LogP) is 0.830. The molecular weight excluding hydrogens is 504 g/mol. The van der Waals surface area contributed by atoms with Crippen molar-refractivity contribution >= 4 is 35.1 Å². The molecule has 6 N–H and O–H groups in total. The first kappa shape index (κ1) is 29.6. The standard InChI is InChI=1S/C27H42N6O4S/c1-4-21(29-2)24(34)32-23-18(14-16-31-27(28)38)7-8-19-9-12-22(33(19)26(23)36)25(35)30-15-13-17-5-10-20(37-3)11-6-17/h5-6,10-11,18-19,21-23,29H,4,7-9,12-16H2,1-3H3,(H,30,35)(H,32,34)(H3,28,31,38)/t18-,19?,21+,22+,23+/m1/s1. The summed E-state index contributed by atoms with van der Waals surface area (Å²) < 4.78 is 5.20. The normalized spacial score (nSPS) is 23.7. The van der Waals surface area contributed by atoms with Gasteiger partial charge in [0.2, 0.25) is 17.7 Å². The fraction of sp³-hybridized carbons (Fsp3) is 0.630. The summed E-state index contributed by atoms with van der Waals surface area (Å²) in [6, 6.07) is 6.08. The number of amides is 3. The Morgan fingerprint density at radius 2 is 1.84 bits per heavy atom.